The highest BCUT2D eigenvalue weighted by atomic mass is 16.3. The minimum atomic E-state index is -1.53. The van der Waals surface area contributed by atoms with Crippen molar-refractivity contribution < 1.29 is 48.6 Å². The SMILES string of the molecule is CC[C@H](C)[C@H]1NC(=O)[C@H](Cc2ccccc2)NC(=O)[C@@H]2CCCN2C(=O)[C@H](CO)NC(=O)[C@@H]2CCCN2C(=O)[C@@H](CC(C)C)NC(=O)[C@H]([C@H](C)O)NC(=O)CNC1=O. The first kappa shape index (κ1) is 45.6. The summed E-state index contributed by atoms with van der Waals surface area (Å²) in [6.45, 7) is 7.37. The largest absolute Gasteiger partial charge is 0.394 e. The molecule has 9 atom stereocenters. The Morgan fingerprint density at radius 3 is 1.76 bits per heavy atom. The lowest BCUT2D eigenvalue weighted by Crippen LogP contribution is -2.62. The first-order chi connectivity index (χ1) is 27.6. The van der Waals surface area contributed by atoms with E-state index in [-0.39, 0.29) is 44.7 Å². The van der Waals surface area contributed by atoms with Crippen LogP contribution >= 0.6 is 0 Å². The van der Waals surface area contributed by atoms with Gasteiger partial charge >= 0.3 is 0 Å². The molecule has 0 spiro atoms. The number of carbonyl (C=O) groups excluding carboxylic acids is 8. The van der Waals surface area contributed by atoms with Gasteiger partial charge in [-0.1, -0.05) is 64.4 Å². The maximum absolute atomic E-state index is 14.1. The predicted octanol–water partition coefficient (Wildman–Crippen LogP) is -1.77. The van der Waals surface area contributed by atoms with Gasteiger partial charge in [-0.05, 0) is 56.4 Å². The van der Waals surface area contributed by atoms with Gasteiger partial charge in [-0.2, -0.15) is 0 Å². The third-order valence-electron chi connectivity index (χ3n) is 11.0. The van der Waals surface area contributed by atoms with Crippen LogP contribution in [0, 0.1) is 11.8 Å². The molecular formula is C40H60N8O10. The van der Waals surface area contributed by atoms with Gasteiger partial charge in [0.05, 0.1) is 19.3 Å². The number of aliphatic hydroxyl groups is 2. The maximum Gasteiger partial charge on any atom is 0.248 e. The number of benzene rings is 1. The normalized spacial score (nSPS) is 28.6. The molecular weight excluding hydrogens is 752 g/mol. The lowest BCUT2D eigenvalue weighted by atomic mass is 9.97. The number of fused-ring (bicyclic) bond motifs is 2. The smallest absolute Gasteiger partial charge is 0.248 e. The first-order valence-corrected chi connectivity index (χ1v) is 20.3. The number of carbonyl (C=O) groups is 8. The molecule has 1 aromatic rings. The molecule has 3 fully saturated rings. The van der Waals surface area contributed by atoms with E-state index in [0.717, 1.165) is 0 Å². The second-order valence-electron chi connectivity index (χ2n) is 15.9. The van der Waals surface area contributed by atoms with Crippen LogP contribution in [0.5, 0.6) is 0 Å². The summed E-state index contributed by atoms with van der Waals surface area (Å²) in [6.07, 6.45) is 0.547. The van der Waals surface area contributed by atoms with Gasteiger partial charge in [-0.15, -0.1) is 0 Å². The maximum atomic E-state index is 14.1. The van der Waals surface area contributed by atoms with E-state index in [1.54, 1.807) is 37.3 Å². The van der Waals surface area contributed by atoms with Crippen LogP contribution in [0.1, 0.15) is 78.7 Å². The molecule has 0 saturated carbocycles. The molecule has 58 heavy (non-hydrogen) atoms. The van der Waals surface area contributed by atoms with Crippen LogP contribution in [-0.2, 0) is 44.8 Å². The van der Waals surface area contributed by atoms with Gasteiger partial charge in [0.25, 0.3) is 0 Å². The first-order valence-electron chi connectivity index (χ1n) is 20.3. The van der Waals surface area contributed by atoms with Gasteiger partial charge in [-0.3, -0.25) is 38.4 Å². The molecule has 3 saturated heterocycles. The minimum absolute atomic E-state index is 0.0308. The number of rotatable bonds is 8. The van der Waals surface area contributed by atoms with Gasteiger partial charge in [0.15, 0.2) is 0 Å². The average molecular weight is 813 g/mol. The molecule has 0 bridgehead atoms. The van der Waals surface area contributed by atoms with Crippen molar-refractivity contribution in [1.29, 1.82) is 0 Å². The number of hydrogen-bond acceptors (Lipinski definition) is 10. The monoisotopic (exact) mass is 812 g/mol. The van der Waals surface area contributed by atoms with E-state index in [4.69, 9.17) is 0 Å². The summed E-state index contributed by atoms with van der Waals surface area (Å²) in [5.74, 6) is -6.28. The molecule has 0 aromatic heterocycles. The van der Waals surface area contributed by atoms with E-state index in [1.807, 2.05) is 20.8 Å². The van der Waals surface area contributed by atoms with Gasteiger partial charge in [0.2, 0.25) is 47.3 Å². The Balaban J connectivity index is 1.71. The third-order valence-corrected chi connectivity index (χ3v) is 11.0. The van der Waals surface area contributed by atoms with Crippen LogP contribution in [-0.4, -0.2) is 142 Å². The van der Waals surface area contributed by atoms with Crippen LogP contribution in [0.3, 0.4) is 0 Å². The van der Waals surface area contributed by atoms with Crippen molar-refractivity contribution >= 4 is 47.3 Å². The van der Waals surface area contributed by atoms with Crippen molar-refractivity contribution in [2.45, 2.75) is 128 Å². The second-order valence-corrected chi connectivity index (χ2v) is 15.9. The summed E-state index contributed by atoms with van der Waals surface area (Å²) >= 11 is 0. The van der Waals surface area contributed by atoms with E-state index in [1.165, 1.54) is 16.7 Å². The number of aliphatic hydroxyl groups excluding tert-OH is 2. The molecule has 8 N–H and O–H groups in total. The molecule has 18 nitrogen and oxygen atoms in total. The molecule has 1 aromatic carbocycles. The fourth-order valence-electron chi connectivity index (χ4n) is 7.60. The summed E-state index contributed by atoms with van der Waals surface area (Å²) in [5.41, 5.74) is 0.700. The Kier molecular flexibility index (Phi) is 16.6. The highest BCUT2D eigenvalue weighted by Crippen LogP contribution is 2.23. The van der Waals surface area contributed by atoms with Crippen LogP contribution < -0.4 is 31.9 Å². The lowest BCUT2D eigenvalue weighted by molar-refractivity contribution is -0.145. The summed E-state index contributed by atoms with van der Waals surface area (Å²) in [6, 6.07) is 0.282. The van der Waals surface area contributed by atoms with Crippen molar-refractivity contribution in [1.82, 2.24) is 41.7 Å². The van der Waals surface area contributed by atoms with Crippen molar-refractivity contribution in [2.75, 3.05) is 26.2 Å². The van der Waals surface area contributed by atoms with E-state index >= 15 is 0 Å². The number of hydrogen-bond donors (Lipinski definition) is 8. The Morgan fingerprint density at radius 1 is 0.672 bits per heavy atom. The van der Waals surface area contributed by atoms with Crippen LogP contribution in [0.15, 0.2) is 30.3 Å². The van der Waals surface area contributed by atoms with Crippen molar-refractivity contribution in [3.63, 3.8) is 0 Å². The molecule has 8 amide bonds. The Hall–Kier alpha value is -5.10. The van der Waals surface area contributed by atoms with Crippen molar-refractivity contribution in [2.24, 2.45) is 11.8 Å². The van der Waals surface area contributed by atoms with E-state index < -0.39 is 115 Å². The second kappa shape index (κ2) is 21.1. The zero-order valence-electron chi connectivity index (χ0n) is 34.0. The van der Waals surface area contributed by atoms with Crippen LogP contribution in [0.25, 0.3) is 0 Å². The average Bonchev–Trinajstić information content (AvgIpc) is 3.90. The van der Waals surface area contributed by atoms with Gasteiger partial charge in [-0.25, -0.2) is 0 Å². The zero-order valence-corrected chi connectivity index (χ0v) is 34.0. The zero-order chi connectivity index (χ0) is 42.7. The number of nitrogens with zero attached hydrogens (tertiary/aromatic N) is 2. The molecule has 0 radical (unpaired) electrons. The lowest BCUT2D eigenvalue weighted by Gasteiger charge is -2.33. The molecule has 0 unspecified atom stereocenters. The van der Waals surface area contributed by atoms with Crippen molar-refractivity contribution in [3.05, 3.63) is 35.9 Å². The van der Waals surface area contributed by atoms with Gasteiger partial charge in [0, 0.05) is 19.5 Å². The Labute approximate surface area is 339 Å². The number of nitrogens with one attached hydrogen (secondary N) is 6. The number of amides is 8. The molecule has 3 aliphatic rings. The highest BCUT2D eigenvalue weighted by Gasteiger charge is 2.43. The molecule has 0 aliphatic carbocycles. The van der Waals surface area contributed by atoms with Crippen LogP contribution in [0.2, 0.25) is 0 Å². The summed E-state index contributed by atoms with van der Waals surface area (Å²) < 4.78 is 0. The highest BCUT2D eigenvalue weighted by molar-refractivity contribution is 5.99. The van der Waals surface area contributed by atoms with Crippen molar-refractivity contribution in [3.8, 4) is 0 Å². The quantitative estimate of drug-likeness (QED) is 0.147. The summed E-state index contributed by atoms with van der Waals surface area (Å²) in [5, 5.41) is 36.6. The fourth-order valence-corrected chi connectivity index (χ4v) is 7.60. The molecule has 4 rings (SSSR count). The predicted molar refractivity (Wildman–Crippen MR) is 210 cm³/mol. The minimum Gasteiger partial charge on any atom is -0.394 e. The van der Waals surface area contributed by atoms with Gasteiger partial charge in [0.1, 0.15) is 42.3 Å². The fraction of sp³-hybridized carbons (Fsp3) is 0.650. The Morgan fingerprint density at radius 2 is 1.22 bits per heavy atom. The summed E-state index contributed by atoms with van der Waals surface area (Å²) in [7, 11) is 0. The van der Waals surface area contributed by atoms with Crippen LogP contribution in [0.4, 0.5) is 0 Å². The van der Waals surface area contributed by atoms with E-state index in [2.05, 4.69) is 31.9 Å². The Bertz CT molecular complexity index is 1660. The topological polar surface area (TPSA) is 256 Å². The summed E-state index contributed by atoms with van der Waals surface area (Å²) in [4.78, 5) is 113. The third kappa shape index (κ3) is 11.7. The van der Waals surface area contributed by atoms with Gasteiger partial charge < -0.3 is 51.9 Å². The standard InChI is InChI=1S/C40H60N8O10/c1-6-23(4)32-37(55)41-20-31(51)45-33(24(5)50)38(56)43-27(18-22(2)3)39(57)47-16-10-15-30(47)36(54)44-28(21-49)40(58)48-17-11-14-29(48)35(53)42-26(34(52)46-32)19-25-12-8-7-9-13-25/h7-9,12-13,22-24,26-30,32-33,49-50H,6,10-11,14-21H2,1-5H3,(H,41,55)(H,42,53)(H,43,56)(H,44,54)(H,45,51)(H,46,52)/t23-,24-,26-,27+,28-,29-,30-,32+,33-/m0/s1. The molecule has 3 heterocycles. The molecule has 18 heteroatoms. The van der Waals surface area contributed by atoms with E-state index in [9.17, 15) is 48.6 Å². The molecule has 320 valence electrons. The molecule has 3 aliphatic heterocycles. The van der Waals surface area contributed by atoms with E-state index in [0.29, 0.717) is 24.8 Å².